The molecule has 8 heteroatoms. The van der Waals surface area contributed by atoms with Crippen LogP contribution in [0.25, 0.3) is 5.69 Å². The molecule has 0 saturated heterocycles. The largest absolute Gasteiger partial charge is 0.366 e. The Kier molecular flexibility index (Phi) is 3.35. The molecule has 0 fully saturated rings. The zero-order chi connectivity index (χ0) is 17.4. The van der Waals surface area contributed by atoms with Gasteiger partial charge in [0, 0.05) is 0 Å². The lowest BCUT2D eigenvalue weighted by Gasteiger charge is -2.14. The first-order chi connectivity index (χ1) is 12.2. The van der Waals surface area contributed by atoms with Crippen LogP contribution in [0.1, 0.15) is 31.1 Å². The molecule has 8 nitrogen and oxygen atoms in total. The van der Waals surface area contributed by atoms with Crippen molar-refractivity contribution in [3.05, 3.63) is 77.6 Å². The van der Waals surface area contributed by atoms with Crippen LogP contribution in [0.3, 0.4) is 0 Å². The summed E-state index contributed by atoms with van der Waals surface area (Å²) in [6.45, 7) is 0. The molecule has 0 atom stereocenters. The Morgan fingerprint density at radius 1 is 0.920 bits per heavy atom. The van der Waals surface area contributed by atoms with Gasteiger partial charge in [-0.15, -0.1) is 5.10 Å². The number of fused-ring (bicyclic) bond motifs is 1. The van der Waals surface area contributed by atoms with Gasteiger partial charge in [-0.2, -0.15) is 0 Å². The van der Waals surface area contributed by atoms with Crippen LogP contribution in [0.15, 0.2) is 60.9 Å². The molecule has 1 aromatic heterocycles. The number of amides is 2. The van der Waals surface area contributed by atoms with Gasteiger partial charge in [-0.05, 0) is 24.3 Å². The van der Waals surface area contributed by atoms with Crippen LogP contribution >= 0.6 is 0 Å². The first kappa shape index (κ1) is 14.8. The summed E-state index contributed by atoms with van der Waals surface area (Å²) in [5.74, 6) is -2.19. The Morgan fingerprint density at radius 3 is 2.20 bits per heavy atom. The summed E-state index contributed by atoms with van der Waals surface area (Å²) in [5.41, 5.74) is 0.959. The number of rotatable bonds is 3. The maximum absolute atomic E-state index is 12.5. The number of imide groups is 1. The van der Waals surface area contributed by atoms with E-state index in [-0.39, 0.29) is 16.7 Å². The molecule has 2 heterocycles. The van der Waals surface area contributed by atoms with Crippen molar-refractivity contribution in [3.8, 4) is 5.69 Å². The molecule has 0 radical (unpaired) electrons. The molecular weight excluding hydrogens is 324 g/mol. The van der Waals surface area contributed by atoms with Crippen molar-refractivity contribution in [3.63, 3.8) is 0 Å². The number of aromatic nitrogens is 3. The Balaban J connectivity index is 1.65. The maximum atomic E-state index is 12.5. The molecule has 2 amide bonds. The molecule has 0 bridgehead atoms. The number of carbonyl (C=O) groups excluding carboxylic acids is 3. The van der Waals surface area contributed by atoms with Gasteiger partial charge in [0.15, 0.2) is 0 Å². The molecule has 4 rings (SSSR count). The second kappa shape index (κ2) is 5.68. The van der Waals surface area contributed by atoms with Crippen LogP contribution < -0.4 is 0 Å². The van der Waals surface area contributed by atoms with Gasteiger partial charge >= 0.3 is 5.97 Å². The van der Waals surface area contributed by atoms with Crippen molar-refractivity contribution in [2.75, 3.05) is 0 Å². The molecule has 0 saturated carbocycles. The second-order valence-corrected chi connectivity index (χ2v) is 5.19. The minimum absolute atomic E-state index is 0.143. The molecule has 0 N–H and O–H groups in total. The summed E-state index contributed by atoms with van der Waals surface area (Å²) in [5, 5.41) is 8.01. The number of carbonyl (C=O) groups is 3. The van der Waals surface area contributed by atoms with E-state index < -0.39 is 17.8 Å². The van der Waals surface area contributed by atoms with Crippen molar-refractivity contribution < 1.29 is 19.2 Å². The summed E-state index contributed by atoms with van der Waals surface area (Å²) in [6, 6.07) is 12.8. The Morgan fingerprint density at radius 2 is 1.56 bits per heavy atom. The van der Waals surface area contributed by atoms with Crippen molar-refractivity contribution in [2.24, 2.45) is 0 Å². The fourth-order valence-corrected chi connectivity index (χ4v) is 2.56. The van der Waals surface area contributed by atoms with Crippen molar-refractivity contribution >= 4 is 17.8 Å². The van der Waals surface area contributed by atoms with E-state index in [0.717, 1.165) is 0 Å². The highest BCUT2D eigenvalue weighted by molar-refractivity contribution is 6.21. The Labute approximate surface area is 141 Å². The molecule has 122 valence electrons. The van der Waals surface area contributed by atoms with Crippen LogP contribution in [0.4, 0.5) is 0 Å². The van der Waals surface area contributed by atoms with Gasteiger partial charge in [-0.3, -0.25) is 9.59 Å². The summed E-state index contributed by atoms with van der Waals surface area (Å²) >= 11 is 0. The van der Waals surface area contributed by atoms with Crippen LogP contribution in [0, 0.1) is 0 Å². The molecule has 3 aromatic rings. The third kappa shape index (κ3) is 2.36. The molecule has 0 aliphatic carbocycles. The minimum Gasteiger partial charge on any atom is -0.324 e. The fraction of sp³-hybridized carbons (Fsp3) is 0. The van der Waals surface area contributed by atoms with E-state index in [1.54, 1.807) is 36.5 Å². The zero-order valence-electron chi connectivity index (χ0n) is 12.7. The molecule has 2 aromatic carbocycles. The number of hydrogen-bond donors (Lipinski definition) is 0. The average Bonchev–Trinajstić information content (AvgIpc) is 3.26. The van der Waals surface area contributed by atoms with E-state index in [0.29, 0.717) is 10.8 Å². The van der Waals surface area contributed by atoms with Crippen LogP contribution in [0.5, 0.6) is 0 Å². The smallest absolute Gasteiger partial charge is 0.324 e. The van der Waals surface area contributed by atoms with Gasteiger partial charge in [-0.1, -0.05) is 34.5 Å². The lowest BCUT2D eigenvalue weighted by molar-refractivity contribution is -0.0584. The number of benzene rings is 2. The van der Waals surface area contributed by atoms with E-state index in [4.69, 9.17) is 4.84 Å². The molecule has 0 unspecified atom stereocenters. The predicted molar refractivity (Wildman–Crippen MR) is 83.7 cm³/mol. The number of hydrogen-bond acceptors (Lipinski definition) is 6. The quantitative estimate of drug-likeness (QED) is 0.676. The highest BCUT2D eigenvalue weighted by Crippen LogP contribution is 2.24. The summed E-state index contributed by atoms with van der Waals surface area (Å²) in [6.07, 6.45) is 3.03. The van der Waals surface area contributed by atoms with E-state index in [1.165, 1.54) is 29.1 Å². The lowest BCUT2D eigenvalue weighted by Crippen LogP contribution is -2.33. The van der Waals surface area contributed by atoms with E-state index >= 15 is 0 Å². The van der Waals surface area contributed by atoms with Gasteiger partial charge < -0.3 is 4.84 Å². The second-order valence-electron chi connectivity index (χ2n) is 5.19. The first-order valence-electron chi connectivity index (χ1n) is 7.32. The van der Waals surface area contributed by atoms with E-state index in [9.17, 15) is 14.4 Å². The van der Waals surface area contributed by atoms with Crippen LogP contribution in [-0.4, -0.2) is 37.8 Å². The molecule has 25 heavy (non-hydrogen) atoms. The van der Waals surface area contributed by atoms with Crippen molar-refractivity contribution in [1.29, 1.82) is 0 Å². The summed E-state index contributed by atoms with van der Waals surface area (Å²) in [7, 11) is 0. The van der Waals surface area contributed by atoms with Gasteiger partial charge in [0.1, 0.15) is 0 Å². The summed E-state index contributed by atoms with van der Waals surface area (Å²) in [4.78, 5) is 42.2. The number of para-hydroxylation sites is 1. The van der Waals surface area contributed by atoms with Crippen molar-refractivity contribution in [2.45, 2.75) is 0 Å². The van der Waals surface area contributed by atoms with Crippen LogP contribution in [0.2, 0.25) is 0 Å². The fourth-order valence-electron chi connectivity index (χ4n) is 2.56. The zero-order valence-corrected chi connectivity index (χ0v) is 12.7. The molecule has 0 spiro atoms. The topological polar surface area (TPSA) is 94.4 Å². The monoisotopic (exact) mass is 334 g/mol. The van der Waals surface area contributed by atoms with Gasteiger partial charge in [0.2, 0.25) is 0 Å². The normalized spacial score (nSPS) is 13.0. The highest BCUT2D eigenvalue weighted by Gasteiger charge is 2.39. The van der Waals surface area contributed by atoms with Crippen molar-refractivity contribution in [1.82, 2.24) is 20.1 Å². The Bertz CT molecular complexity index is 962. The van der Waals surface area contributed by atoms with Gasteiger partial charge in [0.25, 0.3) is 11.8 Å². The lowest BCUT2D eigenvalue weighted by atomic mass is 10.1. The third-order valence-electron chi connectivity index (χ3n) is 3.72. The third-order valence-corrected chi connectivity index (χ3v) is 3.72. The minimum atomic E-state index is -0.847. The number of hydroxylamine groups is 2. The van der Waals surface area contributed by atoms with E-state index in [2.05, 4.69) is 10.3 Å². The van der Waals surface area contributed by atoms with Gasteiger partial charge in [0.05, 0.1) is 34.8 Å². The first-order valence-corrected chi connectivity index (χ1v) is 7.32. The maximum Gasteiger partial charge on any atom is 0.366 e. The van der Waals surface area contributed by atoms with Gasteiger partial charge in [-0.25, -0.2) is 9.48 Å². The SMILES string of the molecule is O=C(ON1C(=O)c2ccccc2C1=O)c1ccccc1-n1ccnn1. The molecule has 1 aliphatic heterocycles. The van der Waals surface area contributed by atoms with Crippen LogP contribution in [-0.2, 0) is 4.84 Å². The average molecular weight is 334 g/mol. The number of nitrogens with zero attached hydrogens (tertiary/aromatic N) is 4. The standard InChI is InChI=1S/C17H10N4O4/c22-15-11-5-1-2-6-12(11)16(23)21(15)25-17(24)13-7-3-4-8-14(13)20-10-9-18-19-20/h1-10H. The molecule has 1 aliphatic rings. The molecular formula is C17H10N4O4. The predicted octanol–water partition coefficient (Wildman–Crippen LogP) is 1.64. The Hall–Kier alpha value is -3.81. The van der Waals surface area contributed by atoms with E-state index in [1.807, 2.05) is 0 Å². The summed E-state index contributed by atoms with van der Waals surface area (Å²) < 4.78 is 1.39. The highest BCUT2D eigenvalue weighted by atomic mass is 16.7.